The number of phenols is 1. The number of nitrogens with zero attached hydrogens (tertiary/aromatic N) is 1. The molecule has 0 amide bonds. The van der Waals surface area contributed by atoms with E-state index >= 15 is 0 Å². The summed E-state index contributed by atoms with van der Waals surface area (Å²) >= 11 is 0. The molecule has 1 saturated carbocycles. The number of ether oxygens (including phenoxy) is 1. The highest BCUT2D eigenvalue weighted by Crippen LogP contribution is 2.42. The van der Waals surface area contributed by atoms with E-state index in [0.29, 0.717) is 49.6 Å². The molecule has 266 valence electrons. The Morgan fingerprint density at radius 2 is 1.65 bits per heavy atom. The van der Waals surface area contributed by atoms with Crippen LogP contribution < -0.4 is 22.3 Å². The van der Waals surface area contributed by atoms with Crippen molar-refractivity contribution in [3.05, 3.63) is 101 Å². The number of aliphatic hydroxyl groups is 3. The maximum Gasteiger partial charge on any atom is 0.142 e. The number of hydrogen-bond acceptors (Lipinski definition) is 7. The molecule has 0 aromatic heterocycles. The Morgan fingerprint density at radius 3 is 2.35 bits per heavy atom. The molecule has 2 bridgehead atoms. The second kappa shape index (κ2) is 17.1. The van der Waals surface area contributed by atoms with E-state index in [2.05, 4.69) is 5.32 Å². The molecule has 3 aliphatic heterocycles. The quantitative estimate of drug-likeness (QED) is 0.143. The van der Waals surface area contributed by atoms with Crippen LogP contribution in [0.5, 0.6) is 5.75 Å². The summed E-state index contributed by atoms with van der Waals surface area (Å²) in [5.74, 6) is 1.05. The van der Waals surface area contributed by atoms with E-state index in [9.17, 15) is 25.2 Å². The van der Waals surface area contributed by atoms with Crippen molar-refractivity contribution >= 4 is 5.78 Å². The van der Waals surface area contributed by atoms with E-state index in [-0.39, 0.29) is 47.1 Å². The van der Waals surface area contributed by atoms with Crippen molar-refractivity contribution < 1.29 is 51.4 Å². The van der Waals surface area contributed by atoms with E-state index in [4.69, 9.17) is 4.74 Å². The van der Waals surface area contributed by atoms with Gasteiger partial charge >= 0.3 is 0 Å². The number of benzene rings is 3. The van der Waals surface area contributed by atoms with Gasteiger partial charge in [-0.1, -0.05) is 73.5 Å². The summed E-state index contributed by atoms with van der Waals surface area (Å²) in [4.78, 5) is 13.2. The Labute approximate surface area is 301 Å². The Kier molecular flexibility index (Phi) is 13.1. The number of hydrogen-bond donors (Lipinski definition) is 5. The van der Waals surface area contributed by atoms with Crippen molar-refractivity contribution in [2.75, 3.05) is 39.3 Å². The molecule has 9 heteroatoms. The molecule has 4 fully saturated rings. The summed E-state index contributed by atoms with van der Waals surface area (Å²) in [5, 5.41) is 44.9. The highest BCUT2D eigenvalue weighted by molar-refractivity contribution is 5.80. The van der Waals surface area contributed by atoms with Crippen molar-refractivity contribution in [2.45, 2.75) is 82.3 Å². The summed E-state index contributed by atoms with van der Waals surface area (Å²) in [6.07, 6.45) is 7.02. The lowest BCUT2D eigenvalue weighted by atomic mass is 9.80. The number of Topliss-reactive ketones (excluding diaryl/α,β-unsaturated/α-hetero) is 1. The van der Waals surface area contributed by atoms with Gasteiger partial charge < -0.3 is 51.9 Å². The van der Waals surface area contributed by atoms with Crippen LogP contribution in [0.1, 0.15) is 78.9 Å². The zero-order valence-electron chi connectivity index (χ0n) is 28.5. The fourth-order valence-electron chi connectivity index (χ4n) is 8.39. The average molecular weight is 738 g/mol. The van der Waals surface area contributed by atoms with Crippen LogP contribution in [0.3, 0.4) is 0 Å². The predicted molar refractivity (Wildman–Crippen MR) is 185 cm³/mol. The van der Waals surface area contributed by atoms with Gasteiger partial charge in [-0.15, -0.1) is 0 Å². The van der Waals surface area contributed by atoms with E-state index in [1.807, 2.05) is 54.6 Å². The van der Waals surface area contributed by atoms with Gasteiger partial charge in [0, 0.05) is 43.8 Å². The topological polar surface area (TPSA) is 119 Å². The minimum atomic E-state index is -0.948. The average Bonchev–Trinajstić information content (AvgIpc) is 3.68. The van der Waals surface area contributed by atoms with Crippen LogP contribution in [0.15, 0.2) is 72.8 Å². The van der Waals surface area contributed by atoms with E-state index in [0.717, 1.165) is 73.0 Å². The van der Waals surface area contributed by atoms with Gasteiger partial charge in [-0.3, -0.25) is 4.79 Å². The first kappa shape index (κ1) is 37.6. The summed E-state index contributed by atoms with van der Waals surface area (Å²) in [6, 6.07) is 22.9. The largest absolute Gasteiger partial charge is 1.00 e. The van der Waals surface area contributed by atoms with Gasteiger partial charge in [-0.2, -0.15) is 0 Å². The first-order valence-electron chi connectivity index (χ1n) is 17.9. The molecule has 3 saturated heterocycles. The number of carbonyl (C=O) groups is 1. The lowest BCUT2D eigenvalue weighted by Crippen LogP contribution is -3.00. The number of quaternary nitrogens is 1. The molecule has 3 aromatic rings. The van der Waals surface area contributed by atoms with Gasteiger partial charge in [-0.05, 0) is 53.1 Å². The van der Waals surface area contributed by atoms with Gasteiger partial charge in [0.15, 0.2) is 0 Å². The van der Waals surface area contributed by atoms with Gasteiger partial charge in [0.2, 0.25) is 0 Å². The zero-order chi connectivity index (χ0) is 33.6. The van der Waals surface area contributed by atoms with Crippen molar-refractivity contribution in [1.29, 1.82) is 0 Å². The fourth-order valence-corrected chi connectivity index (χ4v) is 8.39. The summed E-state index contributed by atoms with van der Waals surface area (Å²) in [5.41, 5.74) is 3.12. The zero-order valence-corrected chi connectivity index (χ0v) is 30.1. The molecule has 49 heavy (non-hydrogen) atoms. The Bertz CT molecular complexity index is 1490. The molecule has 5 N–H and O–H groups in total. The van der Waals surface area contributed by atoms with Crippen molar-refractivity contribution in [1.82, 2.24) is 5.32 Å². The van der Waals surface area contributed by atoms with Crippen molar-refractivity contribution in [2.24, 2.45) is 11.8 Å². The van der Waals surface area contributed by atoms with Crippen LogP contribution in [0.25, 0.3) is 0 Å². The normalized spacial score (nSPS) is 23.9. The van der Waals surface area contributed by atoms with Gasteiger partial charge in [0.1, 0.15) is 29.8 Å². The summed E-state index contributed by atoms with van der Waals surface area (Å²) < 4.78 is 7.62. The standard InChI is InChI=1S/C40H52N2O6.BrH/c43-27-33-23-32(14-15-37(33)45)38(46)25-41-24-30-12-10-29(11-13-30)22-36(44)18-21-42-19-16-31(17-20-42)39(26-42)48-28-40(47,35-8-4-5-9-35)34-6-2-1-3-7-34;/h1-3,6-7,10-15,23,31,35,38-39,41,43,46-47H,4-5,8-9,16-22,24-28H2;1H/t31?,38-,39-,40+,42?;/m0./s1. The van der Waals surface area contributed by atoms with Crippen molar-refractivity contribution in [3.8, 4) is 5.75 Å². The Balaban J connectivity index is 0.00000468. The minimum Gasteiger partial charge on any atom is -1.00 e. The van der Waals surface area contributed by atoms with Crippen LogP contribution in [-0.2, 0) is 34.7 Å². The first-order chi connectivity index (χ1) is 23.3. The molecular weight excluding hydrogens is 684 g/mol. The number of piperidine rings is 3. The lowest BCUT2D eigenvalue weighted by molar-refractivity contribution is -0.946. The van der Waals surface area contributed by atoms with Gasteiger partial charge in [0.25, 0.3) is 0 Å². The monoisotopic (exact) mass is 736 g/mol. The third-order valence-electron chi connectivity index (χ3n) is 11.5. The van der Waals surface area contributed by atoms with E-state index in [1.165, 1.54) is 18.9 Å². The second-order valence-corrected chi connectivity index (χ2v) is 14.6. The predicted octanol–water partition coefficient (Wildman–Crippen LogP) is 1.92. The molecular formula is C40H53BrN2O6. The molecule has 0 radical (unpaired) electrons. The number of nitrogens with one attached hydrogen (secondary N) is 1. The van der Waals surface area contributed by atoms with Gasteiger partial charge in [0.05, 0.1) is 45.4 Å². The third kappa shape index (κ3) is 9.19. The molecule has 1 aliphatic carbocycles. The summed E-state index contributed by atoms with van der Waals surface area (Å²) in [7, 11) is 0. The molecule has 8 nitrogen and oxygen atoms in total. The van der Waals surface area contributed by atoms with Crippen LogP contribution in [0.2, 0.25) is 0 Å². The van der Waals surface area contributed by atoms with Crippen LogP contribution in [0, 0.1) is 11.8 Å². The molecule has 3 heterocycles. The third-order valence-corrected chi connectivity index (χ3v) is 11.5. The Hall–Kier alpha value is -2.63. The van der Waals surface area contributed by atoms with Crippen LogP contribution in [0.4, 0.5) is 0 Å². The SMILES string of the molecule is O=C(CC[N+]12CCC(CC1)[C@@H](OC[C@@](O)(c1ccccc1)C1CCCC1)C2)Cc1ccc(CNC[C@H](O)c2ccc(O)c(CO)c2)cc1.[Br-]. The molecule has 3 aromatic carbocycles. The molecule has 0 spiro atoms. The number of rotatable bonds is 16. The lowest BCUT2D eigenvalue weighted by Gasteiger charge is -2.53. The van der Waals surface area contributed by atoms with Crippen LogP contribution in [-0.4, -0.2) is 76.1 Å². The molecule has 7 rings (SSSR count). The van der Waals surface area contributed by atoms with E-state index < -0.39 is 11.7 Å². The smallest absolute Gasteiger partial charge is 0.142 e. The van der Waals surface area contributed by atoms with Crippen LogP contribution >= 0.6 is 0 Å². The fraction of sp³-hybridized carbons (Fsp3) is 0.525. The number of aliphatic hydroxyl groups excluding tert-OH is 2. The maximum absolute atomic E-state index is 13.2. The highest BCUT2D eigenvalue weighted by Gasteiger charge is 2.48. The van der Waals surface area contributed by atoms with Crippen molar-refractivity contribution in [3.63, 3.8) is 0 Å². The number of fused-ring (bicyclic) bond motifs is 3. The second-order valence-electron chi connectivity index (χ2n) is 14.6. The van der Waals surface area contributed by atoms with E-state index in [1.54, 1.807) is 12.1 Å². The Morgan fingerprint density at radius 1 is 0.959 bits per heavy atom. The number of halogens is 1. The molecule has 0 unspecified atom stereocenters. The maximum atomic E-state index is 13.2. The number of carbonyl (C=O) groups excluding carboxylic acids is 1. The first-order valence-corrected chi connectivity index (χ1v) is 17.9. The minimum absolute atomic E-state index is 0. The number of aromatic hydroxyl groups is 1. The highest BCUT2D eigenvalue weighted by atomic mass is 79.9. The number of ketones is 1. The summed E-state index contributed by atoms with van der Waals surface area (Å²) in [6.45, 7) is 4.95. The molecule has 3 atom stereocenters. The molecule has 4 aliphatic rings. The van der Waals surface area contributed by atoms with Gasteiger partial charge in [-0.25, -0.2) is 0 Å².